The maximum atomic E-state index is 11.9. The zero-order valence-electron chi connectivity index (χ0n) is 11.5. The number of ether oxygens (including phenoxy) is 1. The SMILES string of the molecule is CC(C)(C)CC(C(=O)OCCO)C(C)(C)C. The molecule has 0 fully saturated rings. The van der Waals surface area contributed by atoms with Crippen LogP contribution in [-0.2, 0) is 9.53 Å². The van der Waals surface area contributed by atoms with E-state index in [2.05, 4.69) is 20.8 Å². The highest BCUT2D eigenvalue weighted by molar-refractivity contribution is 5.73. The molecule has 0 aromatic heterocycles. The molecule has 0 aliphatic heterocycles. The highest BCUT2D eigenvalue weighted by Crippen LogP contribution is 2.36. The molecule has 0 aromatic rings. The summed E-state index contributed by atoms with van der Waals surface area (Å²) in [6.07, 6.45) is 0.792. The second-order valence-corrected chi connectivity index (χ2v) is 6.57. The van der Waals surface area contributed by atoms with Crippen LogP contribution in [0.25, 0.3) is 0 Å². The van der Waals surface area contributed by atoms with E-state index in [1.807, 2.05) is 20.8 Å². The lowest BCUT2D eigenvalue weighted by Crippen LogP contribution is -2.34. The number of esters is 1. The standard InChI is InChI=1S/C13H26O3/c1-12(2,3)9-10(13(4,5)6)11(15)16-8-7-14/h10,14H,7-9H2,1-6H3. The van der Waals surface area contributed by atoms with Gasteiger partial charge >= 0.3 is 5.97 Å². The number of rotatable bonds is 4. The average molecular weight is 230 g/mol. The van der Waals surface area contributed by atoms with E-state index in [-0.39, 0.29) is 35.9 Å². The van der Waals surface area contributed by atoms with Gasteiger partial charge in [0.05, 0.1) is 12.5 Å². The summed E-state index contributed by atoms with van der Waals surface area (Å²) in [5.41, 5.74) is -0.0179. The Morgan fingerprint density at radius 1 is 1.19 bits per heavy atom. The predicted molar refractivity (Wildman–Crippen MR) is 65.1 cm³/mol. The van der Waals surface area contributed by atoms with E-state index in [1.165, 1.54) is 0 Å². The van der Waals surface area contributed by atoms with Gasteiger partial charge in [0.2, 0.25) is 0 Å². The summed E-state index contributed by atoms with van der Waals surface area (Å²) in [6.45, 7) is 12.5. The quantitative estimate of drug-likeness (QED) is 0.755. The summed E-state index contributed by atoms with van der Waals surface area (Å²) >= 11 is 0. The summed E-state index contributed by atoms with van der Waals surface area (Å²) in [7, 11) is 0. The van der Waals surface area contributed by atoms with E-state index >= 15 is 0 Å². The van der Waals surface area contributed by atoms with Gasteiger partial charge in [-0.05, 0) is 17.3 Å². The second-order valence-electron chi connectivity index (χ2n) is 6.57. The molecule has 0 amide bonds. The minimum Gasteiger partial charge on any atom is -0.463 e. The molecule has 1 unspecified atom stereocenters. The summed E-state index contributed by atoms with van der Waals surface area (Å²) < 4.78 is 5.04. The molecular weight excluding hydrogens is 204 g/mol. The van der Waals surface area contributed by atoms with E-state index in [0.29, 0.717) is 0 Å². The molecule has 0 saturated carbocycles. The van der Waals surface area contributed by atoms with Crippen molar-refractivity contribution in [3.63, 3.8) is 0 Å². The third kappa shape index (κ3) is 6.11. The van der Waals surface area contributed by atoms with E-state index in [9.17, 15) is 4.79 Å². The molecule has 1 atom stereocenters. The van der Waals surface area contributed by atoms with Gasteiger partial charge in [0, 0.05) is 0 Å². The number of aliphatic hydroxyl groups excluding tert-OH is 1. The van der Waals surface area contributed by atoms with Gasteiger partial charge in [-0.25, -0.2) is 0 Å². The molecule has 0 aromatic carbocycles. The first-order chi connectivity index (χ1) is 7.08. The van der Waals surface area contributed by atoms with Crippen molar-refractivity contribution >= 4 is 5.97 Å². The molecular formula is C13H26O3. The van der Waals surface area contributed by atoms with E-state index in [4.69, 9.17) is 9.84 Å². The van der Waals surface area contributed by atoms with Gasteiger partial charge in [0.1, 0.15) is 6.61 Å². The molecule has 0 aliphatic carbocycles. The summed E-state index contributed by atoms with van der Waals surface area (Å²) in [6, 6.07) is 0. The molecule has 0 heterocycles. The summed E-state index contributed by atoms with van der Waals surface area (Å²) in [5.74, 6) is -0.324. The van der Waals surface area contributed by atoms with Gasteiger partial charge in [-0.1, -0.05) is 41.5 Å². The van der Waals surface area contributed by atoms with Crippen LogP contribution in [0.15, 0.2) is 0 Å². The first-order valence-electron chi connectivity index (χ1n) is 5.85. The van der Waals surface area contributed by atoms with Gasteiger partial charge in [-0.3, -0.25) is 4.79 Å². The fourth-order valence-electron chi connectivity index (χ4n) is 1.60. The van der Waals surface area contributed by atoms with Crippen LogP contribution in [0, 0.1) is 16.7 Å². The van der Waals surface area contributed by atoms with Crippen molar-refractivity contribution in [2.45, 2.75) is 48.0 Å². The lowest BCUT2D eigenvalue weighted by Gasteiger charge is -2.33. The van der Waals surface area contributed by atoms with Crippen LogP contribution in [0.5, 0.6) is 0 Å². The van der Waals surface area contributed by atoms with Crippen molar-refractivity contribution < 1.29 is 14.6 Å². The van der Waals surface area contributed by atoms with E-state index < -0.39 is 0 Å². The van der Waals surface area contributed by atoms with Crippen molar-refractivity contribution in [3.8, 4) is 0 Å². The summed E-state index contributed by atoms with van der Waals surface area (Å²) in [5, 5.41) is 8.66. The van der Waals surface area contributed by atoms with Crippen molar-refractivity contribution in [2.75, 3.05) is 13.2 Å². The van der Waals surface area contributed by atoms with Crippen LogP contribution in [0.1, 0.15) is 48.0 Å². The first-order valence-corrected chi connectivity index (χ1v) is 5.85. The Kier molecular flexibility index (Phi) is 5.47. The zero-order valence-corrected chi connectivity index (χ0v) is 11.5. The van der Waals surface area contributed by atoms with Crippen molar-refractivity contribution in [3.05, 3.63) is 0 Å². The fraction of sp³-hybridized carbons (Fsp3) is 0.923. The van der Waals surface area contributed by atoms with Crippen molar-refractivity contribution in [1.82, 2.24) is 0 Å². The third-order valence-corrected chi connectivity index (χ3v) is 2.48. The second kappa shape index (κ2) is 5.67. The number of aliphatic hydroxyl groups is 1. The summed E-state index contributed by atoms with van der Waals surface area (Å²) in [4.78, 5) is 11.9. The highest BCUT2D eigenvalue weighted by Gasteiger charge is 2.35. The Bertz CT molecular complexity index is 220. The topological polar surface area (TPSA) is 46.5 Å². The van der Waals surface area contributed by atoms with Gasteiger partial charge in [0.15, 0.2) is 0 Å². The molecule has 0 rings (SSSR count). The fourth-order valence-corrected chi connectivity index (χ4v) is 1.60. The van der Waals surface area contributed by atoms with Gasteiger partial charge in [0.25, 0.3) is 0 Å². The predicted octanol–water partition coefficient (Wildman–Crippen LogP) is 2.62. The molecule has 0 radical (unpaired) electrons. The lowest BCUT2D eigenvalue weighted by atomic mass is 9.72. The Labute approximate surface area is 99.2 Å². The van der Waals surface area contributed by atoms with Crippen LogP contribution in [0.2, 0.25) is 0 Å². The monoisotopic (exact) mass is 230 g/mol. The molecule has 16 heavy (non-hydrogen) atoms. The molecule has 3 nitrogen and oxygen atoms in total. The Hall–Kier alpha value is -0.570. The molecule has 0 spiro atoms. The minimum atomic E-state index is -0.198. The zero-order chi connectivity index (χ0) is 13.0. The minimum absolute atomic E-state index is 0.0928. The molecule has 96 valence electrons. The maximum Gasteiger partial charge on any atom is 0.309 e. The molecule has 3 heteroatoms. The van der Waals surface area contributed by atoms with Crippen LogP contribution in [0.3, 0.4) is 0 Å². The van der Waals surface area contributed by atoms with Gasteiger partial charge < -0.3 is 9.84 Å². The third-order valence-electron chi connectivity index (χ3n) is 2.48. The van der Waals surface area contributed by atoms with Crippen LogP contribution < -0.4 is 0 Å². The van der Waals surface area contributed by atoms with Crippen LogP contribution in [-0.4, -0.2) is 24.3 Å². The van der Waals surface area contributed by atoms with Crippen molar-refractivity contribution in [1.29, 1.82) is 0 Å². The Balaban J connectivity index is 4.62. The average Bonchev–Trinajstić information content (AvgIpc) is 2.07. The van der Waals surface area contributed by atoms with E-state index in [0.717, 1.165) is 6.42 Å². The molecule has 1 N–H and O–H groups in total. The van der Waals surface area contributed by atoms with Crippen molar-refractivity contribution in [2.24, 2.45) is 16.7 Å². The lowest BCUT2D eigenvalue weighted by molar-refractivity contribution is -0.154. The number of hydrogen-bond donors (Lipinski definition) is 1. The maximum absolute atomic E-state index is 11.9. The molecule has 0 saturated heterocycles. The first kappa shape index (κ1) is 15.4. The number of carbonyl (C=O) groups is 1. The normalized spacial score (nSPS) is 14.7. The number of carbonyl (C=O) groups excluding carboxylic acids is 1. The molecule has 0 bridgehead atoms. The van der Waals surface area contributed by atoms with E-state index in [1.54, 1.807) is 0 Å². The number of hydrogen-bond acceptors (Lipinski definition) is 3. The highest BCUT2D eigenvalue weighted by atomic mass is 16.5. The van der Waals surface area contributed by atoms with Crippen LogP contribution >= 0.6 is 0 Å². The smallest absolute Gasteiger partial charge is 0.309 e. The largest absolute Gasteiger partial charge is 0.463 e. The van der Waals surface area contributed by atoms with Gasteiger partial charge in [-0.15, -0.1) is 0 Å². The van der Waals surface area contributed by atoms with Gasteiger partial charge in [-0.2, -0.15) is 0 Å². The Morgan fingerprint density at radius 3 is 2.00 bits per heavy atom. The molecule has 0 aliphatic rings. The van der Waals surface area contributed by atoms with Crippen LogP contribution in [0.4, 0.5) is 0 Å². The Morgan fingerprint density at radius 2 is 1.69 bits per heavy atom.